The summed E-state index contributed by atoms with van der Waals surface area (Å²) in [6.07, 6.45) is 7.92. The zero-order chi connectivity index (χ0) is 14.1. The van der Waals surface area contributed by atoms with Gasteiger partial charge in [0.2, 0.25) is 0 Å². The van der Waals surface area contributed by atoms with Crippen molar-refractivity contribution in [2.24, 2.45) is 11.1 Å². The molecule has 0 radical (unpaired) electrons. The number of rotatable bonds is 3. The summed E-state index contributed by atoms with van der Waals surface area (Å²) in [5.41, 5.74) is 7.04. The summed E-state index contributed by atoms with van der Waals surface area (Å²) >= 11 is 0. The maximum absolute atomic E-state index is 6.24. The topological polar surface area (TPSA) is 32.5 Å². The molecule has 2 atom stereocenters. The van der Waals surface area contributed by atoms with Gasteiger partial charge in [-0.25, -0.2) is 0 Å². The predicted octanol–water partition coefficient (Wildman–Crippen LogP) is 2.31. The van der Waals surface area contributed by atoms with Crippen LogP contribution in [0.1, 0.15) is 52.4 Å². The lowest BCUT2D eigenvalue weighted by atomic mass is 9.83. The van der Waals surface area contributed by atoms with Crippen molar-refractivity contribution in [3.8, 4) is 0 Å². The van der Waals surface area contributed by atoms with Gasteiger partial charge in [-0.3, -0.25) is 4.90 Å². The minimum Gasteiger partial charge on any atom is -0.329 e. The third-order valence-corrected chi connectivity index (χ3v) is 5.71. The Morgan fingerprint density at radius 2 is 1.89 bits per heavy atom. The molecule has 2 N–H and O–H groups in total. The summed E-state index contributed by atoms with van der Waals surface area (Å²) < 4.78 is 0. The number of likely N-dealkylation sites (N-methyl/N-ethyl adjacent to an activating group) is 1. The zero-order valence-electron chi connectivity index (χ0n) is 13.4. The van der Waals surface area contributed by atoms with E-state index in [4.69, 9.17) is 5.73 Å². The molecule has 2 aliphatic rings. The quantitative estimate of drug-likeness (QED) is 0.797. The molecule has 2 unspecified atom stereocenters. The number of nitrogens with two attached hydrogens (primary N) is 1. The average Bonchev–Trinajstić information content (AvgIpc) is 2.78. The fourth-order valence-corrected chi connectivity index (χ4v) is 3.96. The van der Waals surface area contributed by atoms with Crippen LogP contribution in [0.15, 0.2) is 0 Å². The number of nitrogens with zero attached hydrogens (tertiary/aromatic N) is 2. The molecule has 3 heteroatoms. The third kappa shape index (κ3) is 3.32. The Labute approximate surface area is 119 Å². The van der Waals surface area contributed by atoms with E-state index in [9.17, 15) is 0 Å². The van der Waals surface area contributed by atoms with E-state index in [0.29, 0.717) is 11.0 Å². The lowest BCUT2D eigenvalue weighted by Crippen LogP contribution is -2.53. The molecule has 2 rings (SSSR count). The molecule has 1 aliphatic carbocycles. The van der Waals surface area contributed by atoms with E-state index in [1.54, 1.807) is 0 Å². The molecule has 0 amide bonds. The Hall–Kier alpha value is -0.120. The SMILES string of the molecule is CN(C)C1CCN(C2(CN)CCCC(C)(C)CC2)C1. The molecule has 1 saturated heterocycles. The van der Waals surface area contributed by atoms with E-state index >= 15 is 0 Å². The van der Waals surface area contributed by atoms with Crippen molar-refractivity contribution in [2.75, 3.05) is 33.7 Å². The van der Waals surface area contributed by atoms with Crippen LogP contribution in [0.4, 0.5) is 0 Å². The number of likely N-dealkylation sites (tertiary alicyclic amines) is 1. The van der Waals surface area contributed by atoms with E-state index in [1.807, 2.05) is 0 Å². The Bertz CT molecular complexity index is 300. The first-order valence-corrected chi connectivity index (χ1v) is 8.00. The van der Waals surface area contributed by atoms with Gasteiger partial charge in [-0.15, -0.1) is 0 Å². The van der Waals surface area contributed by atoms with Crippen LogP contribution in [0.25, 0.3) is 0 Å². The van der Waals surface area contributed by atoms with Crippen LogP contribution in [0.5, 0.6) is 0 Å². The fraction of sp³-hybridized carbons (Fsp3) is 1.00. The number of hydrogen-bond acceptors (Lipinski definition) is 3. The van der Waals surface area contributed by atoms with Crippen LogP contribution < -0.4 is 5.73 Å². The summed E-state index contributed by atoms with van der Waals surface area (Å²) in [7, 11) is 4.42. The van der Waals surface area contributed by atoms with Gasteiger partial charge in [0.25, 0.3) is 0 Å². The maximum atomic E-state index is 6.24. The van der Waals surface area contributed by atoms with Gasteiger partial charge in [0.1, 0.15) is 0 Å². The van der Waals surface area contributed by atoms with Crippen molar-refractivity contribution in [3.05, 3.63) is 0 Å². The van der Waals surface area contributed by atoms with E-state index in [2.05, 4.69) is 37.7 Å². The van der Waals surface area contributed by atoms with Crippen LogP contribution in [0, 0.1) is 5.41 Å². The van der Waals surface area contributed by atoms with Gasteiger partial charge >= 0.3 is 0 Å². The highest BCUT2D eigenvalue weighted by molar-refractivity contribution is 4.99. The lowest BCUT2D eigenvalue weighted by Gasteiger charge is -2.41. The molecule has 2 fully saturated rings. The molecule has 3 nitrogen and oxygen atoms in total. The van der Waals surface area contributed by atoms with Gasteiger partial charge in [-0.05, 0) is 51.6 Å². The second-order valence-electron chi connectivity index (χ2n) is 7.80. The van der Waals surface area contributed by atoms with E-state index in [0.717, 1.165) is 12.6 Å². The van der Waals surface area contributed by atoms with Crippen molar-refractivity contribution >= 4 is 0 Å². The van der Waals surface area contributed by atoms with Gasteiger partial charge in [0.15, 0.2) is 0 Å². The maximum Gasteiger partial charge on any atom is 0.0332 e. The van der Waals surface area contributed by atoms with Gasteiger partial charge in [-0.2, -0.15) is 0 Å². The highest BCUT2D eigenvalue weighted by Crippen LogP contribution is 2.41. The second-order valence-corrected chi connectivity index (χ2v) is 7.80. The van der Waals surface area contributed by atoms with Gasteiger partial charge < -0.3 is 10.6 Å². The molecule has 0 spiro atoms. The first kappa shape index (κ1) is 15.3. The standard InChI is InChI=1S/C16H33N3/c1-15(2)7-5-8-16(13-17,10-9-15)19-11-6-14(12-19)18(3)4/h14H,5-13,17H2,1-4H3. The van der Waals surface area contributed by atoms with Crippen LogP contribution in [0.3, 0.4) is 0 Å². The first-order valence-electron chi connectivity index (χ1n) is 8.00. The summed E-state index contributed by atoms with van der Waals surface area (Å²) in [6.45, 7) is 8.13. The minimum absolute atomic E-state index is 0.290. The van der Waals surface area contributed by atoms with E-state index in [-0.39, 0.29) is 0 Å². The minimum atomic E-state index is 0.290. The zero-order valence-corrected chi connectivity index (χ0v) is 13.4. The lowest BCUT2D eigenvalue weighted by molar-refractivity contribution is 0.0937. The van der Waals surface area contributed by atoms with Crippen LogP contribution in [0.2, 0.25) is 0 Å². The third-order valence-electron chi connectivity index (χ3n) is 5.71. The smallest absolute Gasteiger partial charge is 0.0332 e. The van der Waals surface area contributed by atoms with Crippen molar-refractivity contribution in [1.82, 2.24) is 9.80 Å². The highest BCUT2D eigenvalue weighted by Gasteiger charge is 2.42. The molecule has 0 aromatic carbocycles. The molecule has 19 heavy (non-hydrogen) atoms. The molecule has 1 saturated carbocycles. The predicted molar refractivity (Wildman–Crippen MR) is 82.3 cm³/mol. The van der Waals surface area contributed by atoms with Gasteiger partial charge in [0, 0.05) is 31.2 Å². The molecule has 0 bridgehead atoms. The largest absolute Gasteiger partial charge is 0.329 e. The van der Waals surface area contributed by atoms with Gasteiger partial charge in [-0.1, -0.05) is 20.3 Å². The van der Waals surface area contributed by atoms with Crippen LogP contribution >= 0.6 is 0 Å². The Morgan fingerprint density at radius 1 is 1.16 bits per heavy atom. The Morgan fingerprint density at radius 3 is 2.47 bits per heavy atom. The summed E-state index contributed by atoms with van der Waals surface area (Å²) in [5, 5.41) is 0. The van der Waals surface area contributed by atoms with Crippen LogP contribution in [-0.4, -0.2) is 55.1 Å². The molecule has 0 aromatic rings. The first-order chi connectivity index (χ1) is 8.88. The van der Waals surface area contributed by atoms with Crippen LogP contribution in [-0.2, 0) is 0 Å². The van der Waals surface area contributed by atoms with E-state index < -0.39 is 0 Å². The highest BCUT2D eigenvalue weighted by atomic mass is 15.3. The number of hydrogen-bond donors (Lipinski definition) is 1. The fourth-order valence-electron chi connectivity index (χ4n) is 3.96. The molecular formula is C16H33N3. The van der Waals surface area contributed by atoms with Crippen molar-refractivity contribution in [3.63, 3.8) is 0 Å². The summed E-state index contributed by atoms with van der Waals surface area (Å²) in [5.74, 6) is 0. The molecule has 112 valence electrons. The van der Waals surface area contributed by atoms with E-state index in [1.165, 1.54) is 51.6 Å². The molecular weight excluding hydrogens is 234 g/mol. The summed E-state index contributed by atoms with van der Waals surface area (Å²) in [4.78, 5) is 5.10. The Kier molecular flexibility index (Phi) is 4.59. The van der Waals surface area contributed by atoms with Crippen molar-refractivity contribution in [1.29, 1.82) is 0 Å². The molecule has 1 aliphatic heterocycles. The average molecular weight is 267 g/mol. The molecule has 1 heterocycles. The monoisotopic (exact) mass is 267 g/mol. The van der Waals surface area contributed by atoms with Gasteiger partial charge in [0.05, 0.1) is 0 Å². The Balaban J connectivity index is 2.06. The van der Waals surface area contributed by atoms with Crippen molar-refractivity contribution < 1.29 is 0 Å². The summed E-state index contributed by atoms with van der Waals surface area (Å²) in [6, 6.07) is 0.722. The second kappa shape index (κ2) is 5.71. The normalized spacial score (nSPS) is 36.6. The molecule has 0 aromatic heterocycles. The van der Waals surface area contributed by atoms with Crippen molar-refractivity contribution in [2.45, 2.75) is 64.0 Å².